The maximum absolute atomic E-state index is 10.4. The van der Waals surface area contributed by atoms with Crippen molar-refractivity contribution < 1.29 is 4.79 Å². The molecular weight excluding hydrogens is 140 g/mol. The van der Waals surface area contributed by atoms with Gasteiger partial charge in [-0.25, -0.2) is 0 Å². The molecule has 0 heterocycles. The van der Waals surface area contributed by atoms with Crippen LogP contribution in [0.5, 0.6) is 0 Å². The van der Waals surface area contributed by atoms with Gasteiger partial charge in [0.05, 0.1) is 5.57 Å². The minimum atomic E-state index is 0.304. The summed E-state index contributed by atoms with van der Waals surface area (Å²) in [7, 11) is 0. The predicted octanol–water partition coefficient (Wildman–Crippen LogP) is 1.11. The van der Waals surface area contributed by atoms with Crippen molar-refractivity contribution in [2.24, 2.45) is 0 Å². The van der Waals surface area contributed by atoms with E-state index in [9.17, 15) is 4.79 Å². The lowest BCUT2D eigenvalue weighted by molar-refractivity contribution is -0.104. The van der Waals surface area contributed by atoms with Gasteiger partial charge in [-0.1, -0.05) is 0 Å². The normalized spacial score (nSPS) is 11.9. The molecular formula is C8H14N2O. The number of carbonyl (C=O) groups excluding carboxylic acids is 1. The van der Waals surface area contributed by atoms with Gasteiger partial charge in [-0.05, 0) is 20.8 Å². The Kier molecular flexibility index (Phi) is 4.18. The molecule has 0 aromatic heterocycles. The van der Waals surface area contributed by atoms with Gasteiger partial charge in [0.15, 0.2) is 6.29 Å². The molecule has 0 unspecified atom stereocenters. The van der Waals surface area contributed by atoms with Crippen molar-refractivity contribution in [1.29, 1.82) is 5.41 Å². The van der Waals surface area contributed by atoms with Gasteiger partial charge >= 0.3 is 0 Å². The Balaban J connectivity index is 4.53. The molecule has 62 valence electrons. The molecule has 0 aliphatic carbocycles. The third-order valence-electron chi connectivity index (χ3n) is 1.37. The number of aldehydes is 1. The summed E-state index contributed by atoms with van der Waals surface area (Å²) in [5, 5.41) is 10.2. The third kappa shape index (κ3) is 2.98. The highest BCUT2D eigenvalue weighted by molar-refractivity contribution is 6.12. The highest BCUT2D eigenvalue weighted by Gasteiger charge is 2.01. The number of allylic oxidation sites excluding steroid dienone is 2. The monoisotopic (exact) mass is 154 g/mol. The Morgan fingerprint density at radius 2 is 2.09 bits per heavy atom. The van der Waals surface area contributed by atoms with Crippen LogP contribution in [-0.4, -0.2) is 18.5 Å². The summed E-state index contributed by atoms with van der Waals surface area (Å²) in [4.78, 5) is 10.4. The van der Waals surface area contributed by atoms with Gasteiger partial charge in [0.2, 0.25) is 0 Å². The van der Waals surface area contributed by atoms with E-state index in [-0.39, 0.29) is 0 Å². The third-order valence-corrected chi connectivity index (χ3v) is 1.37. The van der Waals surface area contributed by atoms with Crippen molar-refractivity contribution >= 4 is 12.0 Å². The summed E-state index contributed by atoms with van der Waals surface area (Å²) in [6.07, 6.45) is 0.709. The molecule has 0 saturated carbocycles. The maximum Gasteiger partial charge on any atom is 0.153 e. The molecule has 0 saturated heterocycles. The largest absolute Gasteiger partial charge is 0.388 e. The number of hydrogen-bond acceptors (Lipinski definition) is 3. The predicted molar refractivity (Wildman–Crippen MR) is 45.8 cm³/mol. The SMILES string of the molecule is CCN/C(C)=C(/C=O)C(C)=N. The number of nitrogens with one attached hydrogen (secondary N) is 2. The molecule has 0 rings (SSSR count). The highest BCUT2D eigenvalue weighted by atomic mass is 16.1. The van der Waals surface area contributed by atoms with Gasteiger partial charge in [-0.15, -0.1) is 0 Å². The van der Waals surface area contributed by atoms with Crippen LogP contribution in [0.1, 0.15) is 20.8 Å². The first-order valence-corrected chi connectivity index (χ1v) is 3.59. The summed E-state index contributed by atoms with van der Waals surface area (Å²) in [5.41, 5.74) is 1.53. The second-order valence-electron chi connectivity index (χ2n) is 2.31. The van der Waals surface area contributed by atoms with Gasteiger partial charge in [-0.2, -0.15) is 0 Å². The van der Waals surface area contributed by atoms with Crippen LogP contribution in [0.2, 0.25) is 0 Å². The van der Waals surface area contributed by atoms with E-state index in [1.165, 1.54) is 0 Å². The van der Waals surface area contributed by atoms with Crippen molar-refractivity contribution in [1.82, 2.24) is 5.32 Å². The van der Waals surface area contributed by atoms with Gasteiger partial charge in [0, 0.05) is 18.0 Å². The topological polar surface area (TPSA) is 53.0 Å². The van der Waals surface area contributed by atoms with Crippen LogP contribution in [0, 0.1) is 5.41 Å². The first-order chi connectivity index (χ1) is 5.13. The minimum absolute atomic E-state index is 0.304. The van der Waals surface area contributed by atoms with Gasteiger partial charge in [-0.3, -0.25) is 4.79 Å². The van der Waals surface area contributed by atoms with E-state index in [0.717, 1.165) is 12.2 Å². The molecule has 0 radical (unpaired) electrons. The van der Waals surface area contributed by atoms with Crippen LogP contribution in [-0.2, 0) is 4.79 Å². The molecule has 0 aliphatic rings. The van der Waals surface area contributed by atoms with E-state index < -0.39 is 0 Å². The standard InChI is InChI=1S/C8H14N2O/c1-4-10-7(3)8(5-11)6(2)9/h5,9-10H,4H2,1-3H3/b8-7-,9-6?. The first-order valence-electron chi connectivity index (χ1n) is 3.59. The van der Waals surface area contributed by atoms with E-state index in [1.807, 2.05) is 6.92 Å². The van der Waals surface area contributed by atoms with Crippen molar-refractivity contribution in [3.05, 3.63) is 11.3 Å². The lowest BCUT2D eigenvalue weighted by Crippen LogP contribution is -2.15. The molecule has 0 amide bonds. The zero-order valence-electron chi connectivity index (χ0n) is 7.19. The lowest BCUT2D eigenvalue weighted by Gasteiger charge is -2.05. The fraction of sp³-hybridized carbons (Fsp3) is 0.500. The Bertz CT molecular complexity index is 194. The maximum atomic E-state index is 10.4. The van der Waals surface area contributed by atoms with Crippen molar-refractivity contribution in [2.75, 3.05) is 6.54 Å². The molecule has 0 aromatic rings. The molecule has 0 atom stereocenters. The van der Waals surface area contributed by atoms with Crippen LogP contribution >= 0.6 is 0 Å². The van der Waals surface area contributed by atoms with Crippen LogP contribution < -0.4 is 5.32 Å². The number of hydrogen-bond donors (Lipinski definition) is 2. The molecule has 0 aromatic carbocycles. The zero-order valence-corrected chi connectivity index (χ0v) is 7.19. The van der Waals surface area contributed by atoms with E-state index >= 15 is 0 Å². The van der Waals surface area contributed by atoms with E-state index in [2.05, 4.69) is 5.32 Å². The zero-order chi connectivity index (χ0) is 8.85. The van der Waals surface area contributed by atoms with Crippen molar-refractivity contribution in [3.8, 4) is 0 Å². The van der Waals surface area contributed by atoms with Crippen LogP contribution in [0.25, 0.3) is 0 Å². The quantitative estimate of drug-likeness (QED) is 0.362. The molecule has 3 nitrogen and oxygen atoms in total. The highest BCUT2D eigenvalue weighted by Crippen LogP contribution is 1.98. The molecule has 0 bridgehead atoms. The Hall–Kier alpha value is -1.12. The van der Waals surface area contributed by atoms with Crippen LogP contribution in [0.3, 0.4) is 0 Å². The van der Waals surface area contributed by atoms with Crippen molar-refractivity contribution in [3.63, 3.8) is 0 Å². The average molecular weight is 154 g/mol. The Morgan fingerprint density at radius 1 is 1.55 bits per heavy atom. The number of carbonyl (C=O) groups is 1. The summed E-state index contributed by atoms with van der Waals surface area (Å²) in [6, 6.07) is 0. The second kappa shape index (κ2) is 4.66. The van der Waals surface area contributed by atoms with E-state index in [1.54, 1.807) is 13.8 Å². The molecule has 0 fully saturated rings. The summed E-state index contributed by atoms with van der Waals surface area (Å²) >= 11 is 0. The Labute approximate surface area is 67.0 Å². The lowest BCUT2D eigenvalue weighted by atomic mass is 10.1. The molecule has 0 spiro atoms. The minimum Gasteiger partial charge on any atom is -0.388 e. The smallest absolute Gasteiger partial charge is 0.153 e. The van der Waals surface area contributed by atoms with Crippen molar-refractivity contribution in [2.45, 2.75) is 20.8 Å². The molecule has 2 N–H and O–H groups in total. The second-order valence-corrected chi connectivity index (χ2v) is 2.31. The molecule has 0 aliphatic heterocycles. The summed E-state index contributed by atoms with van der Waals surface area (Å²) in [6.45, 7) is 6.12. The van der Waals surface area contributed by atoms with Gasteiger partial charge < -0.3 is 10.7 Å². The van der Waals surface area contributed by atoms with E-state index in [0.29, 0.717) is 17.6 Å². The van der Waals surface area contributed by atoms with E-state index in [4.69, 9.17) is 5.41 Å². The summed E-state index contributed by atoms with van der Waals surface area (Å²) < 4.78 is 0. The van der Waals surface area contributed by atoms with Crippen LogP contribution in [0.15, 0.2) is 11.3 Å². The summed E-state index contributed by atoms with van der Waals surface area (Å²) in [5.74, 6) is 0. The Morgan fingerprint density at radius 3 is 2.36 bits per heavy atom. The fourth-order valence-electron chi connectivity index (χ4n) is 0.818. The van der Waals surface area contributed by atoms with Gasteiger partial charge in [0.1, 0.15) is 0 Å². The molecule has 3 heteroatoms. The molecule has 11 heavy (non-hydrogen) atoms. The fourth-order valence-corrected chi connectivity index (χ4v) is 0.818. The van der Waals surface area contributed by atoms with Gasteiger partial charge in [0.25, 0.3) is 0 Å². The first kappa shape index (κ1) is 9.88. The average Bonchev–Trinajstić information content (AvgIpc) is 1.88. The van der Waals surface area contributed by atoms with Crippen LogP contribution in [0.4, 0.5) is 0 Å². The number of rotatable bonds is 4.